The summed E-state index contributed by atoms with van der Waals surface area (Å²) < 4.78 is 0. The van der Waals surface area contributed by atoms with Crippen LogP contribution in [0.3, 0.4) is 0 Å². The van der Waals surface area contributed by atoms with Crippen molar-refractivity contribution in [3.05, 3.63) is 22.5 Å². The molecule has 1 aromatic rings. The molecule has 0 unspecified atom stereocenters. The summed E-state index contributed by atoms with van der Waals surface area (Å²) in [5.41, 5.74) is 2.45. The molecule has 0 aliphatic rings. The van der Waals surface area contributed by atoms with Crippen molar-refractivity contribution < 1.29 is 5.11 Å². The third-order valence-electron chi connectivity index (χ3n) is 1.85. The van der Waals surface area contributed by atoms with Crippen LogP contribution < -0.4 is 4.90 Å². The summed E-state index contributed by atoms with van der Waals surface area (Å²) in [6, 6.07) is 0. The lowest BCUT2D eigenvalue weighted by Crippen LogP contribution is -2.12. The summed E-state index contributed by atoms with van der Waals surface area (Å²) in [6.45, 7) is 1.81. The van der Waals surface area contributed by atoms with Crippen LogP contribution in [-0.2, 0) is 6.61 Å². The Morgan fingerprint density at radius 2 is 2.15 bits per heavy atom. The first-order valence-corrected chi connectivity index (χ1v) is 4.38. The van der Waals surface area contributed by atoms with Crippen molar-refractivity contribution in [3.63, 3.8) is 0 Å². The minimum absolute atomic E-state index is 0.125. The second kappa shape index (κ2) is 3.94. The molecule has 0 aliphatic heterocycles. The predicted molar refractivity (Wildman–Crippen MR) is 54.2 cm³/mol. The summed E-state index contributed by atoms with van der Waals surface area (Å²) in [5.74, 6) is 0. The second-order valence-electron chi connectivity index (χ2n) is 3.10. The third-order valence-corrected chi connectivity index (χ3v) is 2.24. The van der Waals surface area contributed by atoms with E-state index in [4.69, 9.17) is 16.7 Å². The van der Waals surface area contributed by atoms with Gasteiger partial charge in [0.25, 0.3) is 0 Å². The molecule has 1 N–H and O–H groups in total. The van der Waals surface area contributed by atoms with Crippen LogP contribution in [0.2, 0.25) is 5.02 Å². The minimum Gasteiger partial charge on any atom is -0.390 e. The Hall–Kier alpha value is -0.800. The number of halogens is 1. The molecule has 0 saturated heterocycles. The number of aromatic nitrogens is 1. The van der Waals surface area contributed by atoms with Gasteiger partial charge in [0, 0.05) is 20.3 Å². The first-order valence-electron chi connectivity index (χ1n) is 4.00. The Balaban J connectivity index is 3.30. The van der Waals surface area contributed by atoms with E-state index in [9.17, 15) is 0 Å². The van der Waals surface area contributed by atoms with E-state index < -0.39 is 0 Å². The molecule has 72 valence electrons. The number of aliphatic hydroxyl groups is 1. The fourth-order valence-corrected chi connectivity index (χ4v) is 1.69. The van der Waals surface area contributed by atoms with Crippen molar-refractivity contribution in [3.8, 4) is 0 Å². The van der Waals surface area contributed by atoms with E-state index in [1.54, 1.807) is 6.20 Å². The van der Waals surface area contributed by atoms with Gasteiger partial charge in [0.1, 0.15) is 0 Å². The number of rotatable bonds is 2. The quantitative estimate of drug-likeness (QED) is 0.788. The van der Waals surface area contributed by atoms with E-state index in [1.807, 2.05) is 25.9 Å². The van der Waals surface area contributed by atoms with Gasteiger partial charge in [-0.3, -0.25) is 4.98 Å². The monoisotopic (exact) mass is 200 g/mol. The summed E-state index contributed by atoms with van der Waals surface area (Å²) in [7, 11) is 3.82. The van der Waals surface area contributed by atoms with E-state index in [1.165, 1.54) is 0 Å². The van der Waals surface area contributed by atoms with Crippen LogP contribution in [0.25, 0.3) is 0 Å². The maximum absolute atomic E-state index is 8.95. The van der Waals surface area contributed by atoms with Gasteiger partial charge in [-0.15, -0.1) is 0 Å². The molecule has 1 rings (SSSR count). The average Bonchev–Trinajstić information content (AvgIpc) is 2.04. The molecule has 0 saturated carbocycles. The van der Waals surface area contributed by atoms with Gasteiger partial charge in [0.15, 0.2) is 0 Å². The molecule has 0 aliphatic carbocycles. The van der Waals surface area contributed by atoms with Crippen molar-refractivity contribution in [1.29, 1.82) is 0 Å². The lowest BCUT2D eigenvalue weighted by molar-refractivity contribution is 0.277. The highest BCUT2D eigenvalue weighted by Gasteiger charge is 2.11. The SMILES string of the molecule is Cc1cnc(CO)c(Cl)c1N(C)C. The molecule has 0 fully saturated rings. The smallest absolute Gasteiger partial charge is 0.0881 e. The van der Waals surface area contributed by atoms with Crippen LogP contribution in [0.1, 0.15) is 11.3 Å². The number of aliphatic hydroxyl groups excluding tert-OH is 1. The average molecular weight is 201 g/mol. The Kier molecular flexibility index (Phi) is 3.12. The van der Waals surface area contributed by atoms with E-state index in [2.05, 4.69) is 4.98 Å². The molecule has 1 aromatic heterocycles. The van der Waals surface area contributed by atoms with Gasteiger partial charge in [-0.25, -0.2) is 0 Å². The highest BCUT2D eigenvalue weighted by Crippen LogP contribution is 2.29. The fourth-order valence-electron chi connectivity index (χ4n) is 1.26. The molecule has 13 heavy (non-hydrogen) atoms. The molecule has 0 atom stereocenters. The van der Waals surface area contributed by atoms with Crippen molar-refractivity contribution in [2.75, 3.05) is 19.0 Å². The Labute approximate surface area is 83.0 Å². The molecule has 3 nitrogen and oxygen atoms in total. The number of nitrogens with zero attached hydrogens (tertiary/aromatic N) is 2. The third kappa shape index (κ3) is 1.92. The Bertz CT molecular complexity index is 313. The van der Waals surface area contributed by atoms with Crippen LogP contribution >= 0.6 is 11.6 Å². The van der Waals surface area contributed by atoms with Crippen LogP contribution in [0, 0.1) is 6.92 Å². The molecular weight excluding hydrogens is 188 g/mol. The first-order chi connectivity index (χ1) is 6.07. The molecule has 1 heterocycles. The lowest BCUT2D eigenvalue weighted by Gasteiger charge is -2.18. The topological polar surface area (TPSA) is 36.4 Å². The zero-order chi connectivity index (χ0) is 10.0. The van der Waals surface area contributed by atoms with Gasteiger partial charge in [0.2, 0.25) is 0 Å². The lowest BCUT2D eigenvalue weighted by atomic mass is 10.2. The van der Waals surface area contributed by atoms with E-state index in [0.717, 1.165) is 11.3 Å². The highest BCUT2D eigenvalue weighted by molar-refractivity contribution is 6.34. The summed E-state index contributed by atoms with van der Waals surface area (Å²) in [5, 5.41) is 9.48. The van der Waals surface area contributed by atoms with Gasteiger partial charge in [-0.1, -0.05) is 11.6 Å². The van der Waals surface area contributed by atoms with Gasteiger partial charge >= 0.3 is 0 Å². The molecule has 0 spiro atoms. The van der Waals surface area contributed by atoms with Crippen LogP contribution in [0.4, 0.5) is 5.69 Å². The van der Waals surface area contributed by atoms with Crippen molar-refractivity contribution in [1.82, 2.24) is 4.98 Å². The van der Waals surface area contributed by atoms with E-state index >= 15 is 0 Å². The number of pyridine rings is 1. The van der Waals surface area contributed by atoms with Gasteiger partial charge < -0.3 is 10.0 Å². The molecule has 0 bridgehead atoms. The first kappa shape index (κ1) is 10.3. The molecule has 0 aromatic carbocycles. The summed E-state index contributed by atoms with van der Waals surface area (Å²) >= 11 is 6.05. The Morgan fingerprint density at radius 3 is 2.62 bits per heavy atom. The van der Waals surface area contributed by atoms with E-state index in [0.29, 0.717) is 10.7 Å². The zero-order valence-electron chi connectivity index (χ0n) is 8.00. The van der Waals surface area contributed by atoms with Crippen molar-refractivity contribution in [2.45, 2.75) is 13.5 Å². The van der Waals surface area contributed by atoms with Crippen molar-refractivity contribution >= 4 is 17.3 Å². The molecular formula is C9H13ClN2O. The van der Waals surface area contributed by atoms with Crippen LogP contribution in [0.5, 0.6) is 0 Å². The largest absolute Gasteiger partial charge is 0.390 e. The maximum Gasteiger partial charge on any atom is 0.0881 e. The Morgan fingerprint density at radius 1 is 1.54 bits per heavy atom. The van der Waals surface area contributed by atoms with Gasteiger partial charge in [-0.2, -0.15) is 0 Å². The summed E-state index contributed by atoms with van der Waals surface area (Å²) in [6.07, 6.45) is 1.72. The normalized spacial score (nSPS) is 10.2. The minimum atomic E-state index is -0.125. The predicted octanol–water partition coefficient (Wildman–Crippen LogP) is 1.60. The number of anilines is 1. The molecule has 0 radical (unpaired) electrons. The molecule has 0 amide bonds. The van der Waals surface area contributed by atoms with Crippen molar-refractivity contribution in [2.24, 2.45) is 0 Å². The van der Waals surface area contributed by atoms with Gasteiger partial charge in [-0.05, 0) is 12.5 Å². The highest BCUT2D eigenvalue weighted by atomic mass is 35.5. The second-order valence-corrected chi connectivity index (χ2v) is 3.48. The van der Waals surface area contributed by atoms with Crippen LogP contribution in [-0.4, -0.2) is 24.2 Å². The summed E-state index contributed by atoms with van der Waals surface area (Å²) in [4.78, 5) is 5.95. The van der Waals surface area contributed by atoms with Crippen LogP contribution in [0.15, 0.2) is 6.20 Å². The number of hydrogen-bond donors (Lipinski definition) is 1. The standard InChI is InChI=1S/C9H13ClN2O/c1-6-4-11-7(5-13)8(10)9(6)12(2)3/h4,13H,5H2,1-3H3. The van der Waals surface area contributed by atoms with Gasteiger partial charge in [0.05, 0.1) is 23.0 Å². The number of hydrogen-bond acceptors (Lipinski definition) is 3. The molecule has 4 heteroatoms. The zero-order valence-corrected chi connectivity index (χ0v) is 8.76. The number of aryl methyl sites for hydroxylation is 1. The fraction of sp³-hybridized carbons (Fsp3) is 0.444. The maximum atomic E-state index is 8.95. The van der Waals surface area contributed by atoms with E-state index in [-0.39, 0.29) is 6.61 Å².